The quantitative estimate of drug-likeness (QED) is 0.158. The maximum atomic E-state index is 12.4. The van der Waals surface area contributed by atoms with E-state index in [4.69, 9.17) is 9.15 Å². The molecule has 0 fully saturated rings. The third kappa shape index (κ3) is 3.33. The standard InChI is InChI=1S/C25H17NO6/c27-22(10-5-13-26-23(28)18-7-2-3-8-19(18)24(26)29)31-15-11-12-17-16-6-1-4-9-20(16)25(30)32-21(17)14-15/h1-4,6-9,11-12,14H,5,10,13H2. The second-order valence-electron chi connectivity index (χ2n) is 7.48. The van der Waals surface area contributed by atoms with Crippen LogP contribution in [0.2, 0.25) is 0 Å². The number of carbonyl (C=O) groups is 3. The fourth-order valence-electron chi connectivity index (χ4n) is 3.93. The fraction of sp³-hybridized carbons (Fsp3) is 0.120. The fourth-order valence-corrected chi connectivity index (χ4v) is 3.93. The van der Waals surface area contributed by atoms with Gasteiger partial charge in [0.1, 0.15) is 11.3 Å². The maximum absolute atomic E-state index is 12.4. The largest absolute Gasteiger partial charge is 0.426 e. The van der Waals surface area contributed by atoms with Crippen LogP contribution in [0.5, 0.6) is 5.75 Å². The van der Waals surface area contributed by atoms with Gasteiger partial charge in [-0.15, -0.1) is 0 Å². The number of rotatable bonds is 5. The molecule has 1 aliphatic heterocycles. The number of carbonyl (C=O) groups excluding carboxylic acids is 3. The summed E-state index contributed by atoms with van der Waals surface area (Å²) in [7, 11) is 0. The van der Waals surface area contributed by atoms with Crippen LogP contribution in [0.1, 0.15) is 33.6 Å². The Morgan fingerprint density at radius 2 is 1.47 bits per heavy atom. The third-order valence-electron chi connectivity index (χ3n) is 5.47. The van der Waals surface area contributed by atoms with Crippen molar-refractivity contribution in [3.63, 3.8) is 0 Å². The van der Waals surface area contributed by atoms with E-state index in [2.05, 4.69) is 0 Å². The van der Waals surface area contributed by atoms with Gasteiger partial charge >= 0.3 is 11.6 Å². The highest BCUT2D eigenvalue weighted by Crippen LogP contribution is 2.27. The molecule has 7 nitrogen and oxygen atoms in total. The van der Waals surface area contributed by atoms with Crippen molar-refractivity contribution in [2.75, 3.05) is 6.54 Å². The van der Waals surface area contributed by atoms with E-state index in [9.17, 15) is 19.2 Å². The van der Waals surface area contributed by atoms with Crippen LogP contribution in [-0.2, 0) is 4.79 Å². The minimum Gasteiger partial charge on any atom is -0.426 e. The van der Waals surface area contributed by atoms with Crippen molar-refractivity contribution in [2.45, 2.75) is 12.8 Å². The van der Waals surface area contributed by atoms with Gasteiger partial charge in [0.05, 0.1) is 16.5 Å². The maximum Gasteiger partial charge on any atom is 0.344 e. The number of amides is 2. The molecule has 0 spiro atoms. The zero-order chi connectivity index (χ0) is 22.2. The SMILES string of the molecule is O=C(CCCN1C(=O)c2ccccc2C1=O)Oc1ccc2c(c1)oc(=O)c1ccccc12. The van der Waals surface area contributed by atoms with Gasteiger partial charge in [-0.3, -0.25) is 19.3 Å². The van der Waals surface area contributed by atoms with E-state index < -0.39 is 11.6 Å². The van der Waals surface area contributed by atoms with Gasteiger partial charge in [0.2, 0.25) is 0 Å². The number of ether oxygens (including phenoxy) is 1. The molecular weight excluding hydrogens is 410 g/mol. The average molecular weight is 427 g/mol. The molecule has 0 saturated carbocycles. The molecule has 2 amide bonds. The lowest BCUT2D eigenvalue weighted by Gasteiger charge is -2.13. The Morgan fingerprint density at radius 3 is 2.19 bits per heavy atom. The Kier molecular flexibility index (Phi) is 4.78. The van der Waals surface area contributed by atoms with Crippen LogP contribution in [0.3, 0.4) is 0 Å². The van der Waals surface area contributed by atoms with Crippen molar-refractivity contribution < 1.29 is 23.5 Å². The summed E-state index contributed by atoms with van der Waals surface area (Å²) in [6, 6.07) is 18.7. The number of fused-ring (bicyclic) bond motifs is 4. The number of hydrogen-bond donors (Lipinski definition) is 0. The minimum absolute atomic E-state index is 0.0209. The topological polar surface area (TPSA) is 93.9 Å². The van der Waals surface area contributed by atoms with Gasteiger partial charge in [0.25, 0.3) is 11.8 Å². The highest BCUT2D eigenvalue weighted by atomic mass is 16.5. The van der Waals surface area contributed by atoms with Gasteiger partial charge < -0.3 is 9.15 Å². The van der Waals surface area contributed by atoms with E-state index in [0.29, 0.717) is 22.1 Å². The minimum atomic E-state index is -0.510. The van der Waals surface area contributed by atoms with Gasteiger partial charge in [-0.25, -0.2) is 4.79 Å². The summed E-state index contributed by atoms with van der Waals surface area (Å²) in [5.74, 6) is -0.961. The molecule has 5 rings (SSSR count). The highest BCUT2D eigenvalue weighted by Gasteiger charge is 2.34. The molecule has 0 N–H and O–H groups in total. The number of esters is 1. The predicted octanol–water partition coefficient (Wildman–Crippen LogP) is 3.93. The molecule has 0 atom stereocenters. The molecule has 0 bridgehead atoms. The van der Waals surface area contributed by atoms with Crippen molar-refractivity contribution in [1.82, 2.24) is 4.90 Å². The lowest BCUT2D eigenvalue weighted by atomic mass is 10.1. The van der Waals surface area contributed by atoms with Crippen LogP contribution < -0.4 is 10.4 Å². The van der Waals surface area contributed by atoms with Crippen LogP contribution in [0.25, 0.3) is 21.7 Å². The number of benzene rings is 3. The van der Waals surface area contributed by atoms with E-state index in [1.165, 1.54) is 6.07 Å². The van der Waals surface area contributed by atoms with Crippen LogP contribution >= 0.6 is 0 Å². The average Bonchev–Trinajstić information content (AvgIpc) is 3.04. The number of hydrogen-bond acceptors (Lipinski definition) is 6. The third-order valence-corrected chi connectivity index (χ3v) is 5.47. The molecule has 32 heavy (non-hydrogen) atoms. The lowest BCUT2D eigenvalue weighted by molar-refractivity contribution is -0.134. The molecule has 158 valence electrons. The van der Waals surface area contributed by atoms with Crippen molar-refractivity contribution in [1.29, 1.82) is 0 Å². The molecule has 2 heterocycles. The van der Waals surface area contributed by atoms with E-state index in [1.54, 1.807) is 48.5 Å². The Labute approximate surface area is 181 Å². The van der Waals surface area contributed by atoms with Crippen LogP contribution in [-0.4, -0.2) is 29.2 Å². The Hall–Kier alpha value is -4.26. The van der Waals surface area contributed by atoms with Crippen molar-refractivity contribution in [3.05, 3.63) is 88.3 Å². The molecule has 4 aromatic rings. The second kappa shape index (κ2) is 7.77. The first-order valence-electron chi connectivity index (χ1n) is 10.1. The smallest absolute Gasteiger partial charge is 0.344 e. The Morgan fingerprint density at radius 1 is 0.812 bits per heavy atom. The van der Waals surface area contributed by atoms with Gasteiger partial charge in [-0.1, -0.05) is 30.3 Å². The lowest BCUT2D eigenvalue weighted by Crippen LogP contribution is -2.31. The molecule has 0 saturated heterocycles. The second-order valence-corrected chi connectivity index (χ2v) is 7.48. The van der Waals surface area contributed by atoms with Gasteiger partial charge in [0.15, 0.2) is 0 Å². The Balaban J connectivity index is 1.25. The van der Waals surface area contributed by atoms with Crippen molar-refractivity contribution >= 4 is 39.5 Å². The summed E-state index contributed by atoms with van der Waals surface area (Å²) < 4.78 is 10.7. The summed E-state index contributed by atoms with van der Waals surface area (Å²) in [6.45, 7) is 0.125. The molecule has 0 aliphatic carbocycles. The normalized spacial score (nSPS) is 13.1. The predicted molar refractivity (Wildman–Crippen MR) is 117 cm³/mol. The summed E-state index contributed by atoms with van der Waals surface area (Å²) in [6.07, 6.45) is 0.296. The van der Waals surface area contributed by atoms with Crippen LogP contribution in [0.4, 0.5) is 0 Å². The first-order valence-corrected chi connectivity index (χ1v) is 10.1. The molecule has 0 radical (unpaired) electrons. The highest BCUT2D eigenvalue weighted by molar-refractivity contribution is 6.21. The summed E-state index contributed by atoms with van der Waals surface area (Å²) >= 11 is 0. The molecule has 1 aliphatic rings. The van der Waals surface area contributed by atoms with E-state index in [-0.39, 0.29) is 37.0 Å². The summed E-state index contributed by atoms with van der Waals surface area (Å²) in [5.41, 5.74) is 0.623. The van der Waals surface area contributed by atoms with Crippen LogP contribution in [0.15, 0.2) is 75.9 Å². The molecule has 7 heteroatoms. The van der Waals surface area contributed by atoms with E-state index in [0.717, 1.165) is 15.7 Å². The first kappa shape index (κ1) is 19.7. The van der Waals surface area contributed by atoms with Gasteiger partial charge in [-0.05, 0) is 42.1 Å². The molecule has 1 aromatic heterocycles. The number of imide groups is 1. The first-order chi connectivity index (χ1) is 15.5. The van der Waals surface area contributed by atoms with Crippen molar-refractivity contribution in [3.8, 4) is 5.75 Å². The van der Waals surface area contributed by atoms with E-state index >= 15 is 0 Å². The Bertz CT molecular complexity index is 1430. The van der Waals surface area contributed by atoms with Gasteiger partial charge in [0, 0.05) is 24.4 Å². The summed E-state index contributed by atoms with van der Waals surface area (Å²) in [4.78, 5) is 50.4. The zero-order valence-electron chi connectivity index (χ0n) is 16.9. The monoisotopic (exact) mass is 427 g/mol. The molecule has 0 unspecified atom stereocenters. The summed E-state index contributed by atoms with van der Waals surface area (Å²) in [5, 5.41) is 1.99. The van der Waals surface area contributed by atoms with Gasteiger partial charge in [-0.2, -0.15) is 0 Å². The molecular formula is C25H17NO6. The van der Waals surface area contributed by atoms with Crippen LogP contribution in [0, 0.1) is 0 Å². The van der Waals surface area contributed by atoms with Crippen molar-refractivity contribution in [2.24, 2.45) is 0 Å². The number of nitrogens with zero attached hydrogens (tertiary/aromatic N) is 1. The molecule has 3 aromatic carbocycles. The van der Waals surface area contributed by atoms with E-state index in [1.807, 2.05) is 12.1 Å². The zero-order valence-corrected chi connectivity index (χ0v) is 16.9.